The van der Waals surface area contributed by atoms with Gasteiger partial charge in [0.25, 0.3) is 0 Å². The average molecular weight is 310 g/mol. The second-order valence-corrected chi connectivity index (χ2v) is 4.86. The van der Waals surface area contributed by atoms with Crippen LogP contribution in [0.4, 0.5) is 0 Å². The summed E-state index contributed by atoms with van der Waals surface area (Å²) in [5.41, 5.74) is 0.971. The summed E-state index contributed by atoms with van der Waals surface area (Å²) in [7, 11) is 1.59. The van der Waals surface area contributed by atoms with Gasteiger partial charge in [-0.05, 0) is 41.1 Å². The van der Waals surface area contributed by atoms with Crippen LogP contribution < -0.4 is 4.74 Å². The second-order valence-electron chi connectivity index (χ2n) is 4.86. The van der Waals surface area contributed by atoms with Gasteiger partial charge in [-0.2, -0.15) is 4.98 Å². The van der Waals surface area contributed by atoms with Crippen molar-refractivity contribution in [1.29, 1.82) is 0 Å². The van der Waals surface area contributed by atoms with Gasteiger partial charge in [-0.25, -0.2) is 9.78 Å². The molecule has 0 aliphatic carbocycles. The van der Waals surface area contributed by atoms with Gasteiger partial charge >= 0.3 is 12.0 Å². The number of carbonyl (C=O) groups is 1. The highest BCUT2D eigenvalue weighted by molar-refractivity contribution is 6.03. The Morgan fingerprint density at radius 2 is 2.09 bits per heavy atom. The largest absolute Gasteiger partial charge is 0.478 e. The lowest BCUT2D eigenvalue weighted by Gasteiger charge is -2.07. The van der Waals surface area contributed by atoms with Crippen molar-refractivity contribution in [3.63, 3.8) is 0 Å². The zero-order valence-corrected chi connectivity index (χ0v) is 12.4. The van der Waals surface area contributed by atoms with Gasteiger partial charge in [0, 0.05) is 13.3 Å². The Hall–Kier alpha value is -2.99. The van der Waals surface area contributed by atoms with Crippen molar-refractivity contribution in [3.05, 3.63) is 59.9 Å². The maximum Gasteiger partial charge on any atom is 0.336 e. The first-order chi connectivity index (χ1) is 11.2. The van der Waals surface area contributed by atoms with Gasteiger partial charge in [0.1, 0.15) is 5.75 Å². The number of carboxylic acids is 1. The summed E-state index contributed by atoms with van der Waals surface area (Å²) < 4.78 is 10.7. The van der Waals surface area contributed by atoms with E-state index in [1.165, 1.54) is 0 Å². The van der Waals surface area contributed by atoms with Crippen molar-refractivity contribution >= 4 is 16.7 Å². The molecule has 0 saturated carbocycles. The van der Waals surface area contributed by atoms with Crippen LogP contribution in [0.25, 0.3) is 10.8 Å². The lowest BCUT2D eigenvalue weighted by Crippen LogP contribution is -1.98. The molecule has 0 bridgehead atoms. The zero-order valence-electron chi connectivity index (χ0n) is 12.4. The monoisotopic (exact) mass is 310 g/mol. The fraction of sp³-hybridized carbons (Fsp3) is 0.118. The van der Waals surface area contributed by atoms with Gasteiger partial charge in [-0.1, -0.05) is 12.1 Å². The molecule has 6 nitrogen and oxygen atoms in total. The Balaban J connectivity index is 1.92. The molecule has 3 aromatic rings. The van der Waals surface area contributed by atoms with Gasteiger partial charge in [-0.15, -0.1) is 0 Å². The van der Waals surface area contributed by atoms with Crippen molar-refractivity contribution in [3.8, 4) is 11.8 Å². The van der Waals surface area contributed by atoms with Crippen LogP contribution in [0.2, 0.25) is 0 Å². The number of hydrogen-bond acceptors (Lipinski definition) is 5. The Morgan fingerprint density at radius 1 is 1.22 bits per heavy atom. The molecule has 1 N–H and O–H groups in total. The van der Waals surface area contributed by atoms with Crippen LogP contribution in [0.3, 0.4) is 0 Å². The van der Waals surface area contributed by atoms with Crippen LogP contribution in [-0.2, 0) is 11.3 Å². The van der Waals surface area contributed by atoms with E-state index >= 15 is 0 Å². The summed E-state index contributed by atoms with van der Waals surface area (Å²) in [5.74, 6) is -0.422. The highest BCUT2D eigenvalue weighted by atomic mass is 16.5. The van der Waals surface area contributed by atoms with Crippen LogP contribution in [-0.4, -0.2) is 28.2 Å². The number of aromatic nitrogens is 2. The van der Waals surface area contributed by atoms with Gasteiger partial charge in [0.05, 0.1) is 17.9 Å². The lowest BCUT2D eigenvalue weighted by atomic mass is 10.0. The lowest BCUT2D eigenvalue weighted by molar-refractivity contribution is 0.0699. The number of carboxylic acid groups (broad SMARTS) is 1. The maximum absolute atomic E-state index is 11.2. The molecule has 0 saturated heterocycles. The molecule has 0 unspecified atom stereocenters. The first kappa shape index (κ1) is 14.9. The highest BCUT2D eigenvalue weighted by Gasteiger charge is 2.09. The molecule has 3 rings (SSSR count). The van der Waals surface area contributed by atoms with Crippen molar-refractivity contribution in [2.45, 2.75) is 6.61 Å². The summed E-state index contributed by atoms with van der Waals surface area (Å²) in [5, 5.41) is 10.6. The van der Waals surface area contributed by atoms with Crippen molar-refractivity contribution in [2.24, 2.45) is 0 Å². The van der Waals surface area contributed by atoms with Crippen LogP contribution in [0.1, 0.15) is 16.1 Å². The third-order valence-corrected chi connectivity index (χ3v) is 3.27. The van der Waals surface area contributed by atoms with Gasteiger partial charge in [0.2, 0.25) is 0 Å². The van der Waals surface area contributed by atoms with Crippen LogP contribution >= 0.6 is 0 Å². The van der Waals surface area contributed by atoms with Gasteiger partial charge in [0.15, 0.2) is 0 Å². The molecule has 0 aliphatic heterocycles. The highest BCUT2D eigenvalue weighted by Crippen LogP contribution is 2.26. The van der Waals surface area contributed by atoms with E-state index in [4.69, 9.17) is 9.47 Å². The van der Waals surface area contributed by atoms with Gasteiger partial charge < -0.3 is 14.6 Å². The number of hydrogen-bond donors (Lipinski definition) is 1. The smallest absolute Gasteiger partial charge is 0.336 e. The van der Waals surface area contributed by atoms with E-state index in [9.17, 15) is 9.90 Å². The molecule has 1 aromatic heterocycles. The fourth-order valence-corrected chi connectivity index (χ4v) is 2.27. The first-order valence-electron chi connectivity index (χ1n) is 6.92. The molecule has 0 spiro atoms. The summed E-state index contributed by atoms with van der Waals surface area (Å²) in [6, 6.07) is 12.2. The molecule has 0 amide bonds. The van der Waals surface area contributed by atoms with Crippen molar-refractivity contribution in [1.82, 2.24) is 9.97 Å². The molecule has 1 heterocycles. The molecular formula is C17H14N2O4. The summed E-state index contributed by atoms with van der Waals surface area (Å²) in [4.78, 5) is 19.5. The molecule has 0 radical (unpaired) electrons. The third-order valence-electron chi connectivity index (χ3n) is 3.27. The molecule has 0 atom stereocenters. The van der Waals surface area contributed by atoms with E-state index in [-0.39, 0.29) is 11.6 Å². The zero-order chi connectivity index (χ0) is 16.2. The number of rotatable bonds is 5. The number of fused-ring (bicyclic) bond motifs is 1. The van der Waals surface area contributed by atoms with Crippen molar-refractivity contribution < 1.29 is 19.4 Å². The molecule has 6 heteroatoms. The minimum atomic E-state index is -0.958. The van der Waals surface area contributed by atoms with E-state index in [0.29, 0.717) is 23.4 Å². The normalized spacial score (nSPS) is 10.7. The van der Waals surface area contributed by atoms with Crippen LogP contribution in [0.5, 0.6) is 11.8 Å². The quantitative estimate of drug-likeness (QED) is 0.779. The molecule has 116 valence electrons. The minimum absolute atomic E-state index is 0.216. The summed E-state index contributed by atoms with van der Waals surface area (Å²) >= 11 is 0. The topological polar surface area (TPSA) is 81.5 Å². The third kappa shape index (κ3) is 3.27. The molecule has 23 heavy (non-hydrogen) atoms. The Kier molecular flexibility index (Phi) is 4.16. The number of nitrogens with zero attached hydrogens (tertiary/aromatic N) is 2. The van der Waals surface area contributed by atoms with Gasteiger partial charge in [-0.3, -0.25) is 0 Å². The number of benzene rings is 2. The average Bonchev–Trinajstić information content (AvgIpc) is 2.54. The predicted octanol–water partition coefficient (Wildman–Crippen LogP) is 3.27. The van der Waals surface area contributed by atoms with Crippen LogP contribution in [0, 0.1) is 0 Å². The standard InChI is InChI=1S/C17H14N2O4/c1-22-10-12-7-8-18-17(19-12)23-13-5-6-14-11(9-13)3-2-4-15(14)16(20)21/h2-9H,10H2,1H3,(H,20,21). The molecule has 0 fully saturated rings. The second kappa shape index (κ2) is 6.41. The predicted molar refractivity (Wildman–Crippen MR) is 83.7 cm³/mol. The molecule has 0 aliphatic rings. The Bertz CT molecular complexity index is 864. The Morgan fingerprint density at radius 3 is 2.87 bits per heavy atom. The Labute approximate surface area is 132 Å². The van der Waals surface area contributed by atoms with E-state index in [0.717, 1.165) is 5.39 Å². The SMILES string of the molecule is COCc1ccnc(Oc2ccc3c(C(=O)O)cccc3c2)n1. The summed E-state index contributed by atoms with van der Waals surface area (Å²) in [6.45, 7) is 0.374. The van der Waals surface area contributed by atoms with E-state index in [1.807, 2.05) is 6.07 Å². The maximum atomic E-state index is 11.2. The van der Waals surface area contributed by atoms with E-state index in [2.05, 4.69) is 9.97 Å². The molecular weight excluding hydrogens is 296 g/mol. The van der Waals surface area contributed by atoms with Crippen molar-refractivity contribution in [2.75, 3.05) is 7.11 Å². The van der Waals surface area contributed by atoms with E-state index in [1.54, 1.807) is 49.7 Å². The van der Waals surface area contributed by atoms with Crippen LogP contribution in [0.15, 0.2) is 48.7 Å². The number of methoxy groups -OCH3 is 1. The first-order valence-corrected chi connectivity index (χ1v) is 6.92. The number of aromatic carboxylic acids is 1. The molecule has 2 aromatic carbocycles. The summed E-state index contributed by atoms with van der Waals surface area (Å²) in [6.07, 6.45) is 1.60. The minimum Gasteiger partial charge on any atom is -0.478 e. The number of ether oxygens (including phenoxy) is 2. The fourth-order valence-electron chi connectivity index (χ4n) is 2.27. The van der Waals surface area contributed by atoms with E-state index < -0.39 is 5.97 Å².